The van der Waals surface area contributed by atoms with Crippen molar-refractivity contribution in [1.82, 2.24) is 0 Å². The van der Waals surface area contributed by atoms with Gasteiger partial charge in [0.1, 0.15) is 6.10 Å². The molecule has 33 heavy (non-hydrogen) atoms. The largest absolute Gasteiger partial charge is 0.462 e. The summed E-state index contributed by atoms with van der Waals surface area (Å²) in [6, 6.07) is 0. The van der Waals surface area contributed by atoms with E-state index in [1.165, 1.54) is 6.92 Å². The Balaban J connectivity index is 1.87. The van der Waals surface area contributed by atoms with E-state index >= 15 is 0 Å². The van der Waals surface area contributed by atoms with Crippen LogP contribution in [0, 0.1) is 39.4 Å². The average Bonchev–Trinajstić information content (AvgIpc) is 2.65. The summed E-state index contributed by atoms with van der Waals surface area (Å²) in [5.41, 5.74) is -2.91. The van der Waals surface area contributed by atoms with Crippen molar-refractivity contribution in [2.24, 2.45) is 39.4 Å². The maximum absolute atomic E-state index is 13.3. The van der Waals surface area contributed by atoms with Gasteiger partial charge in [0, 0.05) is 18.3 Å². The van der Waals surface area contributed by atoms with Crippen LogP contribution in [0.25, 0.3) is 0 Å². The van der Waals surface area contributed by atoms with Crippen LogP contribution in [0.4, 0.5) is 0 Å². The molecular weight excluding hydrogens is 424 g/mol. The Morgan fingerprint density at radius 3 is 2.27 bits per heavy atom. The van der Waals surface area contributed by atoms with Crippen LogP contribution < -0.4 is 0 Å². The van der Waals surface area contributed by atoms with E-state index in [1.807, 2.05) is 20.8 Å². The number of ether oxygens (including phenoxy) is 2. The van der Waals surface area contributed by atoms with Gasteiger partial charge in [-0.05, 0) is 55.4 Å². The molecule has 7 nitrogen and oxygen atoms in total. The number of carbonyl (C=O) groups excluding carboxylic acids is 3. The van der Waals surface area contributed by atoms with Crippen LogP contribution in [0.2, 0.25) is 0 Å². The highest BCUT2D eigenvalue weighted by molar-refractivity contribution is 6.00. The van der Waals surface area contributed by atoms with Crippen LogP contribution in [-0.2, 0) is 23.9 Å². The van der Waals surface area contributed by atoms with Crippen molar-refractivity contribution < 1.29 is 34.1 Å². The van der Waals surface area contributed by atoms with Gasteiger partial charge in [0.25, 0.3) is 0 Å². The monoisotopic (exact) mass is 462 g/mol. The van der Waals surface area contributed by atoms with Gasteiger partial charge in [0.2, 0.25) is 0 Å². The highest BCUT2D eigenvalue weighted by Gasteiger charge is 2.75. The van der Waals surface area contributed by atoms with E-state index < -0.39 is 57.8 Å². The minimum absolute atomic E-state index is 0.232. The topological polar surface area (TPSA) is 110 Å². The van der Waals surface area contributed by atoms with Gasteiger partial charge in [-0.25, -0.2) is 0 Å². The summed E-state index contributed by atoms with van der Waals surface area (Å²) in [7, 11) is 0. The Hall–Kier alpha value is -1.73. The molecule has 0 aromatic heterocycles. The summed E-state index contributed by atoms with van der Waals surface area (Å²) in [5.74, 6) is -2.62. The molecule has 0 aromatic rings. The molecule has 7 heteroatoms. The van der Waals surface area contributed by atoms with Gasteiger partial charge in [-0.15, -0.1) is 0 Å². The van der Waals surface area contributed by atoms with Crippen molar-refractivity contribution in [3.8, 4) is 0 Å². The Morgan fingerprint density at radius 1 is 1.09 bits per heavy atom. The first-order valence-corrected chi connectivity index (χ1v) is 12.0. The molecule has 10 unspecified atom stereocenters. The lowest BCUT2D eigenvalue weighted by Gasteiger charge is -2.70. The van der Waals surface area contributed by atoms with E-state index in [9.17, 15) is 24.6 Å². The zero-order valence-corrected chi connectivity index (χ0v) is 20.8. The van der Waals surface area contributed by atoms with Gasteiger partial charge in [0.15, 0.2) is 11.9 Å². The second-order valence-corrected chi connectivity index (χ2v) is 12.2. The van der Waals surface area contributed by atoms with E-state index in [-0.39, 0.29) is 30.2 Å². The van der Waals surface area contributed by atoms with Crippen molar-refractivity contribution >= 4 is 17.7 Å². The molecule has 4 fully saturated rings. The maximum Gasteiger partial charge on any atom is 0.311 e. The molecular formula is C26H38O7. The number of carbonyl (C=O) groups is 3. The highest BCUT2D eigenvalue weighted by Crippen LogP contribution is 2.72. The standard InChI is InChI=1S/C26H38O7/c1-12-17(29)19-24(6)10-9-16(33-14(3)27)23(4,5)18(24)15(28)11-25(19,7)20-22(31)32-13(2)21(30)26(12,20)8/h13,15-20,28-29H,1,9-11H2,2-8H3. The van der Waals surface area contributed by atoms with E-state index in [1.54, 1.807) is 13.8 Å². The number of cyclic esters (lactones) is 1. The zero-order chi connectivity index (χ0) is 24.9. The minimum atomic E-state index is -1.26. The molecule has 1 aliphatic heterocycles. The van der Waals surface area contributed by atoms with Gasteiger partial charge in [-0.3, -0.25) is 14.4 Å². The predicted octanol–water partition coefficient (Wildman–Crippen LogP) is 2.82. The first-order valence-electron chi connectivity index (χ1n) is 12.0. The molecule has 3 aliphatic carbocycles. The van der Waals surface area contributed by atoms with Crippen LogP contribution >= 0.6 is 0 Å². The lowest BCUT2D eigenvalue weighted by molar-refractivity contribution is -0.266. The van der Waals surface area contributed by atoms with E-state index in [0.717, 1.165) is 0 Å². The van der Waals surface area contributed by atoms with Crippen LogP contribution in [0.5, 0.6) is 0 Å². The van der Waals surface area contributed by atoms with Crippen molar-refractivity contribution in [1.29, 1.82) is 0 Å². The van der Waals surface area contributed by atoms with Crippen molar-refractivity contribution in [3.63, 3.8) is 0 Å². The zero-order valence-electron chi connectivity index (χ0n) is 20.8. The second-order valence-electron chi connectivity index (χ2n) is 12.2. The molecule has 2 N–H and O–H groups in total. The molecule has 4 rings (SSSR count). The first kappa shape index (κ1) is 24.4. The van der Waals surface area contributed by atoms with Gasteiger partial charge in [-0.1, -0.05) is 34.3 Å². The van der Waals surface area contributed by atoms with E-state index in [2.05, 4.69) is 13.5 Å². The number of aliphatic hydroxyl groups excluding tert-OH is 2. The number of fused-ring (bicyclic) bond motifs is 5. The van der Waals surface area contributed by atoms with Gasteiger partial charge < -0.3 is 19.7 Å². The minimum Gasteiger partial charge on any atom is -0.462 e. The normalized spacial score (nSPS) is 51.1. The summed E-state index contributed by atoms with van der Waals surface area (Å²) in [5, 5.41) is 23.3. The molecule has 184 valence electrons. The SMILES string of the molecule is C=C1C(O)C2C(C)(CC(O)C3C(C)(C)C(OC(C)=O)CCC32C)C2C(=O)OC(C)C(=O)C12C. The van der Waals surface area contributed by atoms with Crippen molar-refractivity contribution in [3.05, 3.63) is 12.2 Å². The number of rotatable bonds is 1. The third-order valence-corrected chi connectivity index (χ3v) is 10.0. The van der Waals surface area contributed by atoms with Crippen LogP contribution in [-0.4, -0.2) is 52.4 Å². The van der Waals surface area contributed by atoms with Gasteiger partial charge in [-0.2, -0.15) is 0 Å². The number of Topliss-reactive ketones (excluding diaryl/α,β-unsaturated/α-hetero) is 1. The lowest BCUT2D eigenvalue weighted by Crippen LogP contribution is -2.73. The van der Waals surface area contributed by atoms with E-state index in [0.29, 0.717) is 18.4 Å². The molecule has 0 spiro atoms. The molecule has 0 amide bonds. The predicted molar refractivity (Wildman–Crippen MR) is 120 cm³/mol. The Morgan fingerprint density at radius 2 is 1.70 bits per heavy atom. The summed E-state index contributed by atoms with van der Waals surface area (Å²) in [4.78, 5) is 38.4. The second kappa shape index (κ2) is 7.14. The quantitative estimate of drug-likeness (QED) is 0.455. The Kier molecular flexibility index (Phi) is 5.28. The van der Waals surface area contributed by atoms with Crippen molar-refractivity contribution in [2.75, 3.05) is 0 Å². The number of hydrogen-bond donors (Lipinski definition) is 2. The molecule has 4 aliphatic rings. The average molecular weight is 463 g/mol. The molecule has 1 heterocycles. The fourth-order valence-corrected chi connectivity index (χ4v) is 9.06. The van der Waals surface area contributed by atoms with E-state index in [4.69, 9.17) is 9.47 Å². The summed E-state index contributed by atoms with van der Waals surface area (Å²) >= 11 is 0. The lowest BCUT2D eigenvalue weighted by atomic mass is 9.34. The fourth-order valence-electron chi connectivity index (χ4n) is 9.06. The Bertz CT molecular complexity index is 924. The van der Waals surface area contributed by atoms with Gasteiger partial charge >= 0.3 is 11.9 Å². The van der Waals surface area contributed by atoms with Gasteiger partial charge in [0.05, 0.1) is 23.5 Å². The summed E-state index contributed by atoms with van der Waals surface area (Å²) in [6.45, 7) is 16.8. The summed E-state index contributed by atoms with van der Waals surface area (Å²) < 4.78 is 11.1. The van der Waals surface area contributed by atoms with Crippen LogP contribution in [0.15, 0.2) is 12.2 Å². The maximum atomic E-state index is 13.3. The van der Waals surface area contributed by atoms with Crippen LogP contribution in [0.3, 0.4) is 0 Å². The number of esters is 2. The molecule has 0 aromatic carbocycles. The smallest absolute Gasteiger partial charge is 0.311 e. The number of hydrogen-bond acceptors (Lipinski definition) is 7. The highest BCUT2D eigenvalue weighted by atomic mass is 16.6. The summed E-state index contributed by atoms with van der Waals surface area (Å²) in [6.07, 6.45) is -1.67. The fraction of sp³-hybridized carbons (Fsp3) is 0.808. The van der Waals surface area contributed by atoms with Crippen molar-refractivity contribution in [2.45, 2.75) is 92.1 Å². The number of aliphatic hydroxyl groups is 2. The Labute approximate surface area is 195 Å². The third kappa shape index (κ3) is 2.90. The molecule has 0 bridgehead atoms. The molecule has 0 radical (unpaired) electrons. The van der Waals surface area contributed by atoms with Crippen LogP contribution in [0.1, 0.15) is 67.7 Å². The number of ketones is 1. The molecule has 1 saturated heterocycles. The first-order chi connectivity index (χ1) is 15.0. The third-order valence-electron chi connectivity index (χ3n) is 10.0. The molecule has 10 atom stereocenters. The molecule has 3 saturated carbocycles.